The minimum absolute atomic E-state index is 0.466. The van der Waals surface area contributed by atoms with Crippen molar-refractivity contribution < 1.29 is 0 Å². The van der Waals surface area contributed by atoms with E-state index in [4.69, 9.17) is 5.73 Å². The number of hydrogen-bond donors (Lipinski definition) is 1. The van der Waals surface area contributed by atoms with Crippen LogP contribution in [0.15, 0.2) is 11.6 Å². The molecule has 2 aliphatic carbocycles. The predicted molar refractivity (Wildman–Crippen MR) is 47.3 cm³/mol. The molecule has 2 rings (SSSR count). The average molecular weight is 151 g/mol. The van der Waals surface area contributed by atoms with Gasteiger partial charge in [-0.25, -0.2) is 0 Å². The fraction of sp³-hybridized carbons (Fsp3) is 0.800. The molecular formula is C10H17N. The van der Waals surface area contributed by atoms with Crippen LogP contribution >= 0.6 is 0 Å². The molecule has 62 valence electrons. The van der Waals surface area contributed by atoms with Gasteiger partial charge in [-0.15, -0.1) is 0 Å². The summed E-state index contributed by atoms with van der Waals surface area (Å²) in [6.07, 6.45) is 10.4. The van der Waals surface area contributed by atoms with Crippen molar-refractivity contribution in [1.29, 1.82) is 0 Å². The van der Waals surface area contributed by atoms with Gasteiger partial charge in [0.15, 0.2) is 0 Å². The van der Waals surface area contributed by atoms with Gasteiger partial charge in [-0.05, 0) is 44.4 Å². The van der Waals surface area contributed by atoms with Crippen LogP contribution in [0.3, 0.4) is 0 Å². The zero-order chi connectivity index (χ0) is 7.68. The summed E-state index contributed by atoms with van der Waals surface area (Å²) in [5.74, 6) is 0.940. The second-order valence-electron chi connectivity index (χ2n) is 4.02. The van der Waals surface area contributed by atoms with Gasteiger partial charge in [-0.1, -0.05) is 11.6 Å². The van der Waals surface area contributed by atoms with Gasteiger partial charge in [0, 0.05) is 6.04 Å². The predicted octanol–water partition coefficient (Wildman–Crippen LogP) is 2.22. The molecule has 0 aromatic rings. The Kier molecular flexibility index (Phi) is 1.99. The molecule has 0 amide bonds. The Morgan fingerprint density at radius 1 is 1.27 bits per heavy atom. The van der Waals surface area contributed by atoms with Crippen molar-refractivity contribution >= 4 is 0 Å². The molecule has 0 heterocycles. The second kappa shape index (κ2) is 2.98. The highest BCUT2D eigenvalue weighted by molar-refractivity contribution is 5.11. The molecular weight excluding hydrogens is 134 g/mol. The minimum Gasteiger partial charge on any atom is -0.327 e. The van der Waals surface area contributed by atoms with E-state index in [0.29, 0.717) is 6.04 Å². The van der Waals surface area contributed by atoms with Crippen molar-refractivity contribution in [2.75, 3.05) is 0 Å². The van der Waals surface area contributed by atoms with Crippen LogP contribution in [0.25, 0.3) is 0 Å². The van der Waals surface area contributed by atoms with Gasteiger partial charge in [0.2, 0.25) is 0 Å². The van der Waals surface area contributed by atoms with Gasteiger partial charge >= 0.3 is 0 Å². The molecule has 0 aromatic heterocycles. The lowest BCUT2D eigenvalue weighted by Crippen LogP contribution is -2.23. The molecule has 1 heteroatoms. The molecule has 0 radical (unpaired) electrons. The summed E-state index contributed by atoms with van der Waals surface area (Å²) in [4.78, 5) is 0. The van der Waals surface area contributed by atoms with E-state index in [9.17, 15) is 0 Å². The maximum absolute atomic E-state index is 5.88. The molecule has 1 unspecified atom stereocenters. The normalized spacial score (nSPS) is 36.1. The largest absolute Gasteiger partial charge is 0.327 e. The van der Waals surface area contributed by atoms with Crippen LogP contribution in [0.5, 0.6) is 0 Å². The van der Waals surface area contributed by atoms with Crippen LogP contribution in [0.1, 0.15) is 38.5 Å². The van der Waals surface area contributed by atoms with Gasteiger partial charge in [0.05, 0.1) is 0 Å². The Bertz CT molecular complexity index is 168. The molecule has 1 nitrogen and oxygen atoms in total. The lowest BCUT2D eigenvalue weighted by Gasteiger charge is -2.20. The monoisotopic (exact) mass is 151 g/mol. The smallest absolute Gasteiger partial charge is 0.00761 e. The van der Waals surface area contributed by atoms with E-state index in [2.05, 4.69) is 6.08 Å². The van der Waals surface area contributed by atoms with Gasteiger partial charge < -0.3 is 5.73 Å². The molecule has 1 atom stereocenters. The average Bonchev–Trinajstić information content (AvgIpc) is 2.71. The fourth-order valence-corrected chi connectivity index (χ4v) is 1.88. The highest BCUT2D eigenvalue weighted by atomic mass is 14.6. The van der Waals surface area contributed by atoms with E-state index in [1.54, 1.807) is 5.57 Å². The number of hydrogen-bond acceptors (Lipinski definition) is 1. The highest BCUT2D eigenvalue weighted by Gasteiger charge is 2.21. The number of allylic oxidation sites excluding steroid dienone is 1. The maximum Gasteiger partial charge on any atom is 0.00761 e. The van der Waals surface area contributed by atoms with E-state index in [0.717, 1.165) is 5.92 Å². The van der Waals surface area contributed by atoms with Crippen molar-refractivity contribution in [3.63, 3.8) is 0 Å². The van der Waals surface area contributed by atoms with E-state index in [1.807, 2.05) is 0 Å². The molecule has 2 aliphatic rings. The van der Waals surface area contributed by atoms with Gasteiger partial charge in [-0.3, -0.25) is 0 Å². The SMILES string of the molecule is NC1CCCC(=CC2CC2)C1. The van der Waals surface area contributed by atoms with Gasteiger partial charge in [-0.2, -0.15) is 0 Å². The molecule has 0 aromatic carbocycles. The van der Waals surface area contributed by atoms with Crippen LogP contribution in [0, 0.1) is 5.92 Å². The Labute approximate surface area is 68.7 Å². The summed E-state index contributed by atoms with van der Waals surface area (Å²) in [5, 5.41) is 0. The quantitative estimate of drug-likeness (QED) is 0.571. The number of rotatable bonds is 1. The van der Waals surface area contributed by atoms with Crippen molar-refractivity contribution in [2.24, 2.45) is 11.7 Å². The van der Waals surface area contributed by atoms with Gasteiger partial charge in [0.25, 0.3) is 0 Å². The van der Waals surface area contributed by atoms with Crippen LogP contribution < -0.4 is 5.73 Å². The van der Waals surface area contributed by atoms with Crippen molar-refractivity contribution in [3.8, 4) is 0 Å². The molecule has 0 bridgehead atoms. The third-order valence-electron chi connectivity index (χ3n) is 2.69. The standard InChI is InChI=1S/C10H17N/c11-10-3-1-2-9(7-10)6-8-4-5-8/h6,8,10H,1-5,7,11H2. The molecule has 0 saturated heterocycles. The van der Waals surface area contributed by atoms with Crippen LogP contribution in [0.2, 0.25) is 0 Å². The summed E-state index contributed by atoms with van der Waals surface area (Å²) < 4.78 is 0. The van der Waals surface area contributed by atoms with Crippen LogP contribution in [-0.4, -0.2) is 6.04 Å². The summed E-state index contributed by atoms with van der Waals surface area (Å²) >= 11 is 0. The first-order valence-corrected chi connectivity index (χ1v) is 4.80. The van der Waals surface area contributed by atoms with Crippen molar-refractivity contribution in [3.05, 3.63) is 11.6 Å². The minimum atomic E-state index is 0.466. The first-order valence-electron chi connectivity index (χ1n) is 4.80. The Morgan fingerprint density at radius 2 is 2.09 bits per heavy atom. The molecule has 0 spiro atoms. The van der Waals surface area contributed by atoms with Crippen molar-refractivity contribution in [2.45, 2.75) is 44.6 Å². The van der Waals surface area contributed by atoms with E-state index >= 15 is 0 Å². The first-order chi connectivity index (χ1) is 5.34. The summed E-state index contributed by atoms with van der Waals surface area (Å²) in [6, 6.07) is 0.466. The molecule has 0 aliphatic heterocycles. The molecule has 2 N–H and O–H groups in total. The maximum atomic E-state index is 5.88. The third-order valence-corrected chi connectivity index (χ3v) is 2.69. The van der Waals surface area contributed by atoms with E-state index < -0.39 is 0 Å². The topological polar surface area (TPSA) is 26.0 Å². The van der Waals surface area contributed by atoms with Gasteiger partial charge in [0.1, 0.15) is 0 Å². The van der Waals surface area contributed by atoms with Crippen molar-refractivity contribution in [1.82, 2.24) is 0 Å². The zero-order valence-electron chi connectivity index (χ0n) is 7.05. The Morgan fingerprint density at radius 3 is 2.73 bits per heavy atom. The van der Waals surface area contributed by atoms with Crippen LogP contribution in [0.4, 0.5) is 0 Å². The molecule has 11 heavy (non-hydrogen) atoms. The Balaban J connectivity index is 1.91. The van der Waals surface area contributed by atoms with Crippen LogP contribution in [-0.2, 0) is 0 Å². The fourth-order valence-electron chi connectivity index (χ4n) is 1.88. The summed E-state index contributed by atoms with van der Waals surface area (Å²) in [5.41, 5.74) is 7.53. The first kappa shape index (κ1) is 7.35. The highest BCUT2D eigenvalue weighted by Crippen LogP contribution is 2.34. The lowest BCUT2D eigenvalue weighted by molar-refractivity contribution is 0.515. The second-order valence-corrected chi connectivity index (χ2v) is 4.02. The Hall–Kier alpha value is -0.300. The zero-order valence-corrected chi connectivity index (χ0v) is 7.05. The number of nitrogens with two attached hydrogens (primary N) is 1. The van der Waals surface area contributed by atoms with E-state index in [-0.39, 0.29) is 0 Å². The van der Waals surface area contributed by atoms with E-state index in [1.165, 1.54) is 38.5 Å². The third kappa shape index (κ3) is 2.06. The summed E-state index contributed by atoms with van der Waals surface area (Å²) in [7, 11) is 0. The molecule has 2 saturated carbocycles. The summed E-state index contributed by atoms with van der Waals surface area (Å²) in [6.45, 7) is 0. The lowest BCUT2D eigenvalue weighted by atomic mass is 9.90. The molecule has 2 fully saturated rings.